The Balaban J connectivity index is 3.08. The molecule has 0 spiro atoms. The Hall–Kier alpha value is -1.51. The van der Waals surface area contributed by atoms with Crippen molar-refractivity contribution in [1.82, 2.24) is 0 Å². The molecule has 0 aliphatic carbocycles. The highest BCUT2D eigenvalue weighted by molar-refractivity contribution is 5.75. The van der Waals surface area contributed by atoms with Crippen molar-refractivity contribution in [3.05, 3.63) is 29.3 Å². The van der Waals surface area contributed by atoms with E-state index >= 15 is 0 Å². The molecule has 0 amide bonds. The van der Waals surface area contributed by atoms with Gasteiger partial charge in [0.15, 0.2) is 0 Å². The van der Waals surface area contributed by atoms with Crippen LogP contribution in [-0.2, 0) is 4.79 Å². The number of ether oxygens (including phenoxy) is 1. The van der Waals surface area contributed by atoms with Gasteiger partial charge in [0.25, 0.3) is 0 Å². The molecule has 0 heterocycles. The Morgan fingerprint density at radius 3 is 2.57 bits per heavy atom. The van der Waals surface area contributed by atoms with Crippen molar-refractivity contribution in [2.75, 3.05) is 7.11 Å². The van der Waals surface area contributed by atoms with Gasteiger partial charge in [-0.2, -0.15) is 0 Å². The van der Waals surface area contributed by atoms with E-state index in [-0.39, 0.29) is 0 Å². The normalized spacial score (nSPS) is 12.2. The number of benzene rings is 1. The number of aliphatic carboxylic acids is 1. The maximum Gasteiger partial charge on any atom is 0.310 e. The van der Waals surface area contributed by atoms with E-state index < -0.39 is 11.9 Å². The third-order valence-corrected chi connectivity index (χ3v) is 2.18. The van der Waals surface area contributed by atoms with Gasteiger partial charge >= 0.3 is 5.97 Å². The highest BCUT2D eigenvalue weighted by Gasteiger charge is 2.14. The van der Waals surface area contributed by atoms with Crippen LogP contribution in [0.2, 0.25) is 0 Å². The van der Waals surface area contributed by atoms with E-state index in [0.29, 0.717) is 5.75 Å². The molecule has 3 nitrogen and oxygen atoms in total. The zero-order chi connectivity index (χ0) is 10.7. The van der Waals surface area contributed by atoms with Crippen molar-refractivity contribution in [1.29, 1.82) is 0 Å². The van der Waals surface area contributed by atoms with Gasteiger partial charge < -0.3 is 9.84 Å². The summed E-state index contributed by atoms with van der Waals surface area (Å²) in [5.41, 5.74) is 1.78. The van der Waals surface area contributed by atoms with E-state index in [4.69, 9.17) is 9.84 Å². The van der Waals surface area contributed by atoms with Crippen molar-refractivity contribution in [3.8, 4) is 5.75 Å². The highest BCUT2D eigenvalue weighted by atomic mass is 16.5. The van der Waals surface area contributed by atoms with E-state index in [1.807, 2.05) is 19.1 Å². The van der Waals surface area contributed by atoms with Crippen molar-refractivity contribution < 1.29 is 14.6 Å². The molecule has 1 atom stereocenters. The lowest BCUT2D eigenvalue weighted by molar-refractivity contribution is -0.138. The molecule has 0 aliphatic heterocycles. The van der Waals surface area contributed by atoms with Gasteiger partial charge in [-0.25, -0.2) is 0 Å². The summed E-state index contributed by atoms with van der Waals surface area (Å²) in [4.78, 5) is 10.8. The minimum atomic E-state index is -0.822. The van der Waals surface area contributed by atoms with E-state index in [9.17, 15) is 4.79 Å². The van der Waals surface area contributed by atoms with Gasteiger partial charge in [-0.1, -0.05) is 6.07 Å². The van der Waals surface area contributed by atoms with Crippen LogP contribution in [0.3, 0.4) is 0 Å². The second-order valence-corrected chi connectivity index (χ2v) is 3.34. The second kappa shape index (κ2) is 4.13. The molecule has 76 valence electrons. The number of carboxylic acids is 1. The SMILES string of the molecule is COc1cc(C)cc([C@@H](C)C(=O)O)c1. The summed E-state index contributed by atoms with van der Waals surface area (Å²) in [5.74, 6) is -0.616. The monoisotopic (exact) mass is 194 g/mol. The molecule has 14 heavy (non-hydrogen) atoms. The van der Waals surface area contributed by atoms with Crippen LogP contribution >= 0.6 is 0 Å². The van der Waals surface area contributed by atoms with Crippen molar-refractivity contribution in [2.24, 2.45) is 0 Å². The average molecular weight is 194 g/mol. The van der Waals surface area contributed by atoms with Crippen molar-refractivity contribution in [3.63, 3.8) is 0 Å². The molecule has 0 aromatic heterocycles. The van der Waals surface area contributed by atoms with Crippen LogP contribution in [0.1, 0.15) is 24.0 Å². The van der Waals surface area contributed by atoms with Gasteiger partial charge in [0.05, 0.1) is 13.0 Å². The first-order chi connectivity index (χ1) is 6.54. The van der Waals surface area contributed by atoms with Crippen LogP contribution in [0.15, 0.2) is 18.2 Å². The lowest BCUT2D eigenvalue weighted by atomic mass is 9.99. The molecule has 1 aromatic rings. The standard InChI is InChI=1S/C11H14O3/c1-7-4-9(8(2)11(12)13)6-10(5-7)14-3/h4-6,8H,1-3H3,(H,12,13)/t8-/m1/s1. The molecule has 3 heteroatoms. The largest absolute Gasteiger partial charge is 0.497 e. The second-order valence-electron chi connectivity index (χ2n) is 3.34. The first kappa shape index (κ1) is 10.6. The number of aryl methyl sites for hydroxylation is 1. The third kappa shape index (κ3) is 2.25. The van der Waals surface area contributed by atoms with Gasteiger partial charge in [0, 0.05) is 0 Å². The summed E-state index contributed by atoms with van der Waals surface area (Å²) < 4.78 is 5.07. The number of rotatable bonds is 3. The maximum absolute atomic E-state index is 10.8. The van der Waals surface area contributed by atoms with E-state index in [0.717, 1.165) is 11.1 Å². The quantitative estimate of drug-likeness (QED) is 0.802. The van der Waals surface area contributed by atoms with Crippen LogP contribution in [0.5, 0.6) is 5.75 Å². The molecule has 0 bridgehead atoms. The Morgan fingerprint density at radius 2 is 2.07 bits per heavy atom. The topological polar surface area (TPSA) is 46.5 Å². The third-order valence-electron chi connectivity index (χ3n) is 2.18. The van der Waals surface area contributed by atoms with Crippen molar-refractivity contribution in [2.45, 2.75) is 19.8 Å². The zero-order valence-electron chi connectivity index (χ0n) is 8.57. The fourth-order valence-corrected chi connectivity index (χ4v) is 1.29. The lowest BCUT2D eigenvalue weighted by Gasteiger charge is -2.09. The Bertz CT molecular complexity index is 344. The molecule has 1 N–H and O–H groups in total. The van der Waals surface area contributed by atoms with Crippen LogP contribution in [0.4, 0.5) is 0 Å². The molecule has 0 aliphatic rings. The van der Waals surface area contributed by atoms with Crippen molar-refractivity contribution >= 4 is 5.97 Å². The predicted molar refractivity (Wildman–Crippen MR) is 53.8 cm³/mol. The predicted octanol–water partition coefficient (Wildman–Crippen LogP) is 2.19. The summed E-state index contributed by atoms with van der Waals surface area (Å²) in [5, 5.41) is 8.85. The molecule has 1 aromatic carbocycles. The number of hydrogen-bond acceptors (Lipinski definition) is 2. The Kier molecular flexibility index (Phi) is 3.12. The first-order valence-corrected chi connectivity index (χ1v) is 4.43. The van der Waals surface area contributed by atoms with Crippen LogP contribution in [-0.4, -0.2) is 18.2 Å². The fourth-order valence-electron chi connectivity index (χ4n) is 1.29. The average Bonchev–Trinajstić information content (AvgIpc) is 2.15. The van der Waals surface area contributed by atoms with Gasteiger partial charge in [0.2, 0.25) is 0 Å². The highest BCUT2D eigenvalue weighted by Crippen LogP contribution is 2.22. The summed E-state index contributed by atoms with van der Waals surface area (Å²) in [6, 6.07) is 5.49. The van der Waals surface area contributed by atoms with Gasteiger partial charge in [-0.15, -0.1) is 0 Å². The van der Waals surface area contributed by atoms with E-state index in [1.54, 1.807) is 20.1 Å². The fraction of sp³-hybridized carbons (Fsp3) is 0.364. The van der Waals surface area contributed by atoms with Gasteiger partial charge in [-0.3, -0.25) is 4.79 Å². The Labute approximate surface area is 83.3 Å². The number of hydrogen-bond donors (Lipinski definition) is 1. The Morgan fingerprint density at radius 1 is 1.43 bits per heavy atom. The minimum Gasteiger partial charge on any atom is -0.497 e. The molecule has 0 unspecified atom stereocenters. The molecule has 1 rings (SSSR count). The molecular weight excluding hydrogens is 180 g/mol. The first-order valence-electron chi connectivity index (χ1n) is 4.43. The van der Waals surface area contributed by atoms with Crippen LogP contribution in [0.25, 0.3) is 0 Å². The molecule has 0 saturated heterocycles. The number of carbonyl (C=O) groups is 1. The van der Waals surface area contributed by atoms with Crippen LogP contribution in [0, 0.1) is 6.92 Å². The van der Waals surface area contributed by atoms with E-state index in [1.165, 1.54) is 0 Å². The summed E-state index contributed by atoms with van der Waals surface area (Å²) in [6.45, 7) is 3.58. The summed E-state index contributed by atoms with van der Waals surface area (Å²) in [7, 11) is 1.57. The molecule has 0 radical (unpaired) electrons. The summed E-state index contributed by atoms with van der Waals surface area (Å²) >= 11 is 0. The maximum atomic E-state index is 10.8. The lowest BCUT2D eigenvalue weighted by Crippen LogP contribution is -2.07. The molecule has 0 fully saturated rings. The zero-order valence-corrected chi connectivity index (χ0v) is 8.57. The van der Waals surface area contributed by atoms with Crippen LogP contribution < -0.4 is 4.74 Å². The molecular formula is C11H14O3. The minimum absolute atomic E-state index is 0.496. The number of methoxy groups -OCH3 is 1. The number of carboxylic acid groups (broad SMARTS) is 1. The van der Waals surface area contributed by atoms with Gasteiger partial charge in [-0.05, 0) is 37.1 Å². The van der Waals surface area contributed by atoms with E-state index in [2.05, 4.69) is 0 Å². The molecule has 0 saturated carbocycles. The van der Waals surface area contributed by atoms with Gasteiger partial charge in [0.1, 0.15) is 5.75 Å². The smallest absolute Gasteiger partial charge is 0.310 e. The summed E-state index contributed by atoms with van der Waals surface area (Å²) in [6.07, 6.45) is 0.